The molecule has 1 aromatic rings. The van der Waals surface area contributed by atoms with Gasteiger partial charge < -0.3 is 4.74 Å². The van der Waals surface area contributed by atoms with Crippen molar-refractivity contribution in [3.05, 3.63) is 28.8 Å². The molecule has 86 valence electrons. The number of carbonyl (C=O) groups excluding carboxylic acids is 1. The number of ketones is 1. The van der Waals surface area contributed by atoms with Crippen molar-refractivity contribution in [1.29, 1.82) is 0 Å². The van der Waals surface area contributed by atoms with Gasteiger partial charge in [-0.15, -0.1) is 0 Å². The number of hydrogen-bond acceptors (Lipinski definition) is 2. The molecule has 1 fully saturated rings. The Labute approximate surface area is 101 Å². The average molecular weight is 239 g/mol. The van der Waals surface area contributed by atoms with Crippen LogP contribution in [0.4, 0.5) is 0 Å². The van der Waals surface area contributed by atoms with Gasteiger partial charge in [0.2, 0.25) is 0 Å². The Morgan fingerprint density at radius 2 is 2.31 bits per heavy atom. The van der Waals surface area contributed by atoms with E-state index in [2.05, 4.69) is 0 Å². The van der Waals surface area contributed by atoms with Crippen molar-refractivity contribution in [3.8, 4) is 5.75 Å². The summed E-state index contributed by atoms with van der Waals surface area (Å²) in [7, 11) is 1.64. The van der Waals surface area contributed by atoms with E-state index >= 15 is 0 Å². The van der Waals surface area contributed by atoms with Crippen LogP contribution in [-0.2, 0) is 11.2 Å². The molecule has 1 unspecified atom stereocenters. The number of benzene rings is 1. The first-order valence-corrected chi connectivity index (χ1v) is 5.93. The number of rotatable bonds is 3. The van der Waals surface area contributed by atoms with Gasteiger partial charge in [-0.05, 0) is 43.0 Å². The SMILES string of the molecule is COc1ccc(Cl)cc1CC1CCCC1=O. The van der Waals surface area contributed by atoms with E-state index in [0.29, 0.717) is 10.8 Å². The van der Waals surface area contributed by atoms with Crippen molar-refractivity contribution in [1.82, 2.24) is 0 Å². The average Bonchev–Trinajstić information content (AvgIpc) is 2.65. The van der Waals surface area contributed by atoms with Crippen LogP contribution >= 0.6 is 11.6 Å². The predicted octanol–water partition coefficient (Wildman–Crippen LogP) is 3.26. The van der Waals surface area contributed by atoms with Crippen molar-refractivity contribution in [3.63, 3.8) is 0 Å². The van der Waals surface area contributed by atoms with Crippen molar-refractivity contribution in [2.45, 2.75) is 25.7 Å². The van der Waals surface area contributed by atoms with Crippen molar-refractivity contribution in [2.24, 2.45) is 5.92 Å². The first-order valence-electron chi connectivity index (χ1n) is 5.56. The molecule has 0 heterocycles. The third kappa shape index (κ3) is 2.38. The van der Waals surface area contributed by atoms with Crippen molar-refractivity contribution >= 4 is 17.4 Å². The van der Waals surface area contributed by atoms with Crippen LogP contribution in [0.25, 0.3) is 0 Å². The van der Waals surface area contributed by atoms with E-state index in [1.54, 1.807) is 13.2 Å². The van der Waals surface area contributed by atoms with E-state index in [-0.39, 0.29) is 5.92 Å². The Bertz CT molecular complexity index is 401. The number of carbonyl (C=O) groups is 1. The summed E-state index contributed by atoms with van der Waals surface area (Å²) < 4.78 is 5.28. The fraction of sp³-hybridized carbons (Fsp3) is 0.462. The van der Waals surface area contributed by atoms with Gasteiger partial charge in [-0.1, -0.05) is 11.6 Å². The minimum atomic E-state index is 0.160. The molecule has 0 aliphatic heterocycles. The van der Waals surface area contributed by atoms with Gasteiger partial charge in [0.15, 0.2) is 0 Å². The summed E-state index contributed by atoms with van der Waals surface area (Å²) in [5, 5.41) is 0.696. The molecule has 2 nitrogen and oxygen atoms in total. The summed E-state index contributed by atoms with van der Waals surface area (Å²) in [5.74, 6) is 1.36. The van der Waals surface area contributed by atoms with Crippen LogP contribution in [0.5, 0.6) is 5.75 Å². The molecule has 1 saturated carbocycles. The van der Waals surface area contributed by atoms with E-state index in [1.165, 1.54) is 0 Å². The number of ether oxygens (including phenoxy) is 1. The Morgan fingerprint density at radius 3 is 2.94 bits per heavy atom. The predicted molar refractivity (Wildman–Crippen MR) is 64.1 cm³/mol. The summed E-state index contributed by atoms with van der Waals surface area (Å²) in [6.45, 7) is 0. The largest absolute Gasteiger partial charge is 0.496 e. The molecule has 1 aliphatic rings. The van der Waals surface area contributed by atoms with Gasteiger partial charge in [-0.25, -0.2) is 0 Å². The molecule has 1 aliphatic carbocycles. The second kappa shape index (κ2) is 4.88. The number of halogens is 1. The van der Waals surface area contributed by atoms with E-state index in [4.69, 9.17) is 16.3 Å². The minimum Gasteiger partial charge on any atom is -0.496 e. The van der Waals surface area contributed by atoms with E-state index in [9.17, 15) is 4.79 Å². The van der Waals surface area contributed by atoms with Gasteiger partial charge in [-0.3, -0.25) is 4.79 Å². The first-order chi connectivity index (χ1) is 7.70. The van der Waals surface area contributed by atoms with Gasteiger partial charge in [0.25, 0.3) is 0 Å². The van der Waals surface area contributed by atoms with E-state index < -0.39 is 0 Å². The summed E-state index contributed by atoms with van der Waals surface area (Å²) >= 11 is 5.96. The standard InChI is InChI=1S/C13H15ClO2/c1-16-13-6-5-11(14)8-10(13)7-9-3-2-4-12(9)15/h5-6,8-9H,2-4,7H2,1H3. The molecule has 2 rings (SSSR count). The molecule has 0 saturated heterocycles. The lowest BCUT2D eigenvalue weighted by atomic mass is 9.96. The van der Waals surface area contributed by atoms with E-state index in [1.807, 2.05) is 12.1 Å². The second-order valence-corrected chi connectivity index (χ2v) is 4.65. The number of hydrogen-bond donors (Lipinski definition) is 0. The maximum Gasteiger partial charge on any atom is 0.136 e. The molecule has 1 aromatic carbocycles. The fourth-order valence-corrected chi connectivity index (χ4v) is 2.47. The fourth-order valence-electron chi connectivity index (χ4n) is 2.28. The normalized spacial score (nSPS) is 20.1. The molecule has 16 heavy (non-hydrogen) atoms. The molecule has 0 bridgehead atoms. The minimum absolute atomic E-state index is 0.160. The maximum atomic E-state index is 11.6. The van der Waals surface area contributed by atoms with Crippen LogP contribution in [0, 0.1) is 5.92 Å². The second-order valence-electron chi connectivity index (χ2n) is 4.22. The zero-order chi connectivity index (χ0) is 11.5. The number of methoxy groups -OCH3 is 1. The summed E-state index contributed by atoms with van der Waals surface area (Å²) in [6, 6.07) is 5.56. The molecule has 0 aromatic heterocycles. The first kappa shape index (κ1) is 11.5. The molecule has 1 atom stereocenters. The summed E-state index contributed by atoms with van der Waals surface area (Å²) in [4.78, 5) is 11.6. The van der Waals surface area contributed by atoms with Crippen LogP contribution in [0.1, 0.15) is 24.8 Å². The Balaban J connectivity index is 2.19. The maximum absolute atomic E-state index is 11.6. The lowest BCUT2D eigenvalue weighted by molar-refractivity contribution is -0.120. The van der Waals surface area contributed by atoms with Gasteiger partial charge in [0.05, 0.1) is 7.11 Å². The lowest BCUT2D eigenvalue weighted by Gasteiger charge is -2.12. The number of Topliss-reactive ketones (excluding diaryl/α,β-unsaturated/α-hetero) is 1. The zero-order valence-corrected chi connectivity index (χ0v) is 10.1. The highest BCUT2D eigenvalue weighted by atomic mass is 35.5. The molecular formula is C13H15ClO2. The molecule has 0 spiro atoms. The third-order valence-corrected chi connectivity index (χ3v) is 3.37. The Hall–Kier alpha value is -1.02. The summed E-state index contributed by atoms with van der Waals surface area (Å²) in [5.41, 5.74) is 1.04. The van der Waals surface area contributed by atoms with Gasteiger partial charge in [0.1, 0.15) is 11.5 Å². The Morgan fingerprint density at radius 1 is 1.50 bits per heavy atom. The van der Waals surface area contributed by atoms with Crippen LogP contribution in [-0.4, -0.2) is 12.9 Å². The third-order valence-electron chi connectivity index (χ3n) is 3.14. The van der Waals surface area contributed by atoms with Crippen molar-refractivity contribution < 1.29 is 9.53 Å². The van der Waals surface area contributed by atoms with Crippen LogP contribution in [0.2, 0.25) is 5.02 Å². The smallest absolute Gasteiger partial charge is 0.136 e. The molecule has 0 amide bonds. The molecule has 0 N–H and O–H groups in total. The van der Waals surface area contributed by atoms with Crippen molar-refractivity contribution in [2.75, 3.05) is 7.11 Å². The monoisotopic (exact) mass is 238 g/mol. The van der Waals surface area contributed by atoms with Crippen LogP contribution in [0.15, 0.2) is 18.2 Å². The quantitative estimate of drug-likeness (QED) is 0.808. The Kier molecular flexibility index (Phi) is 3.49. The lowest BCUT2D eigenvalue weighted by Crippen LogP contribution is -2.10. The van der Waals surface area contributed by atoms with Gasteiger partial charge in [-0.2, -0.15) is 0 Å². The summed E-state index contributed by atoms with van der Waals surface area (Å²) in [6.07, 6.45) is 3.50. The highest BCUT2D eigenvalue weighted by molar-refractivity contribution is 6.30. The molecule has 3 heteroatoms. The van der Waals surface area contributed by atoms with Gasteiger partial charge in [0, 0.05) is 17.4 Å². The highest BCUT2D eigenvalue weighted by Gasteiger charge is 2.25. The van der Waals surface area contributed by atoms with Gasteiger partial charge >= 0.3 is 0 Å². The van der Waals surface area contributed by atoms with Crippen LogP contribution < -0.4 is 4.74 Å². The molecule has 0 radical (unpaired) electrons. The molecular weight excluding hydrogens is 224 g/mol. The zero-order valence-electron chi connectivity index (χ0n) is 9.33. The van der Waals surface area contributed by atoms with E-state index in [0.717, 1.165) is 37.0 Å². The van der Waals surface area contributed by atoms with Crippen LogP contribution in [0.3, 0.4) is 0 Å². The topological polar surface area (TPSA) is 26.3 Å². The highest BCUT2D eigenvalue weighted by Crippen LogP contribution is 2.30.